The SMILES string of the molecule is c1ccc(-c2cccc(-c3nc(-c4ccccc4)nc(-c4cccc(-c5cccc(-c6cccc(-c7cccc(-c8cccc(-c9nc(-c%10ccccc%10)nc(-c%10ccccc%10)n9)c8)c7)c6)c5)c4)n3)c2)cc1. The molecule has 72 heavy (non-hydrogen) atoms. The van der Waals surface area contributed by atoms with E-state index in [4.69, 9.17) is 29.9 Å². The van der Waals surface area contributed by atoms with E-state index in [1.807, 2.05) is 97.1 Å². The molecule has 6 nitrogen and oxygen atoms in total. The minimum absolute atomic E-state index is 0.615. The summed E-state index contributed by atoms with van der Waals surface area (Å²) in [5, 5.41) is 0. The number of hydrogen-bond donors (Lipinski definition) is 0. The van der Waals surface area contributed by atoms with Gasteiger partial charge in [-0.1, -0.05) is 231 Å². The van der Waals surface area contributed by atoms with Gasteiger partial charge >= 0.3 is 0 Å². The Labute approximate surface area is 418 Å². The van der Waals surface area contributed by atoms with Gasteiger partial charge in [0, 0.05) is 33.4 Å². The molecular weight excluding hydrogens is 877 g/mol. The minimum Gasteiger partial charge on any atom is -0.208 e. The van der Waals surface area contributed by atoms with Crippen molar-refractivity contribution < 1.29 is 0 Å². The average Bonchev–Trinajstić information content (AvgIpc) is 3.48. The molecule has 0 aliphatic rings. The molecule has 0 saturated carbocycles. The van der Waals surface area contributed by atoms with Crippen LogP contribution in [0.2, 0.25) is 0 Å². The number of nitrogens with zero attached hydrogens (tertiary/aromatic N) is 6. The lowest BCUT2D eigenvalue weighted by molar-refractivity contribution is 1.07. The van der Waals surface area contributed by atoms with Gasteiger partial charge < -0.3 is 0 Å². The lowest BCUT2D eigenvalue weighted by Gasteiger charge is -2.12. The van der Waals surface area contributed by atoms with Crippen LogP contribution in [0.5, 0.6) is 0 Å². The van der Waals surface area contributed by atoms with E-state index in [0.29, 0.717) is 34.9 Å². The van der Waals surface area contributed by atoms with Crippen molar-refractivity contribution in [2.45, 2.75) is 0 Å². The summed E-state index contributed by atoms with van der Waals surface area (Å²) in [5.41, 5.74) is 16.7. The zero-order valence-electron chi connectivity index (χ0n) is 39.1. The first kappa shape index (κ1) is 43.5. The predicted octanol–water partition coefficient (Wildman–Crippen LogP) is 16.4. The quantitative estimate of drug-likeness (QED) is 0.129. The minimum atomic E-state index is 0.615. The van der Waals surface area contributed by atoms with Crippen molar-refractivity contribution in [3.63, 3.8) is 0 Å². The summed E-state index contributed by atoms with van der Waals surface area (Å²) in [6, 6.07) is 92.2. The van der Waals surface area contributed by atoms with E-state index in [1.54, 1.807) is 0 Å². The number of benzene rings is 10. The lowest BCUT2D eigenvalue weighted by Crippen LogP contribution is -2.00. The van der Waals surface area contributed by atoms with E-state index in [2.05, 4.69) is 170 Å². The van der Waals surface area contributed by atoms with Crippen molar-refractivity contribution in [2.75, 3.05) is 0 Å². The summed E-state index contributed by atoms with van der Waals surface area (Å²) in [5.74, 6) is 3.76. The Hall–Kier alpha value is -9.78. The van der Waals surface area contributed by atoms with Crippen LogP contribution in [0.15, 0.2) is 267 Å². The molecule has 2 aromatic heterocycles. The molecule has 0 bridgehead atoms. The van der Waals surface area contributed by atoms with Crippen molar-refractivity contribution in [2.24, 2.45) is 0 Å². The maximum Gasteiger partial charge on any atom is 0.164 e. The van der Waals surface area contributed by atoms with Crippen LogP contribution >= 0.6 is 0 Å². The van der Waals surface area contributed by atoms with Gasteiger partial charge in [0.05, 0.1) is 0 Å². The summed E-state index contributed by atoms with van der Waals surface area (Å²) in [6.45, 7) is 0. The second-order valence-corrected chi connectivity index (χ2v) is 17.6. The zero-order valence-corrected chi connectivity index (χ0v) is 39.1. The van der Waals surface area contributed by atoms with E-state index < -0.39 is 0 Å². The van der Waals surface area contributed by atoms with Crippen LogP contribution < -0.4 is 0 Å². The summed E-state index contributed by atoms with van der Waals surface area (Å²) in [7, 11) is 0. The van der Waals surface area contributed by atoms with Gasteiger partial charge in [-0.2, -0.15) is 0 Å². The van der Waals surface area contributed by atoms with E-state index >= 15 is 0 Å². The average molecular weight is 921 g/mol. The number of rotatable bonds is 11. The third kappa shape index (κ3) is 9.36. The van der Waals surface area contributed by atoms with Crippen LogP contribution in [0.4, 0.5) is 0 Å². The van der Waals surface area contributed by atoms with Crippen molar-refractivity contribution >= 4 is 0 Å². The molecule has 2 heterocycles. The van der Waals surface area contributed by atoms with E-state index in [9.17, 15) is 0 Å². The Kier molecular flexibility index (Phi) is 11.9. The molecule has 0 amide bonds. The topological polar surface area (TPSA) is 77.3 Å². The lowest BCUT2D eigenvalue weighted by atomic mass is 9.94. The van der Waals surface area contributed by atoms with Gasteiger partial charge in [0.1, 0.15) is 0 Å². The van der Waals surface area contributed by atoms with Gasteiger partial charge in [-0.15, -0.1) is 0 Å². The van der Waals surface area contributed by atoms with Gasteiger partial charge in [0.15, 0.2) is 34.9 Å². The predicted molar refractivity (Wildman–Crippen MR) is 293 cm³/mol. The normalized spacial score (nSPS) is 11.1. The maximum atomic E-state index is 5.11. The first-order valence-corrected chi connectivity index (χ1v) is 24.0. The highest BCUT2D eigenvalue weighted by Crippen LogP contribution is 2.35. The van der Waals surface area contributed by atoms with Crippen LogP contribution in [0.3, 0.4) is 0 Å². The third-order valence-corrected chi connectivity index (χ3v) is 12.8. The highest BCUT2D eigenvalue weighted by Gasteiger charge is 2.16. The van der Waals surface area contributed by atoms with Crippen molar-refractivity contribution in [1.29, 1.82) is 0 Å². The highest BCUT2D eigenvalue weighted by molar-refractivity contribution is 5.82. The van der Waals surface area contributed by atoms with Gasteiger partial charge in [0.25, 0.3) is 0 Å². The fraction of sp³-hybridized carbons (Fsp3) is 0. The molecular formula is C66H44N6. The molecule has 6 heteroatoms. The Morgan fingerprint density at radius 1 is 0.125 bits per heavy atom. The molecule has 12 aromatic rings. The first-order valence-electron chi connectivity index (χ1n) is 24.0. The van der Waals surface area contributed by atoms with E-state index in [0.717, 1.165) is 89.0 Å². The molecule has 0 unspecified atom stereocenters. The monoisotopic (exact) mass is 920 g/mol. The van der Waals surface area contributed by atoms with Crippen LogP contribution in [0.1, 0.15) is 0 Å². The fourth-order valence-corrected chi connectivity index (χ4v) is 9.07. The van der Waals surface area contributed by atoms with Gasteiger partial charge in [-0.3, -0.25) is 0 Å². The zero-order chi connectivity index (χ0) is 48.1. The molecule has 12 rings (SSSR count). The molecule has 0 radical (unpaired) electrons. The Balaban J connectivity index is 0.842. The summed E-state index contributed by atoms with van der Waals surface area (Å²) in [6.07, 6.45) is 0. The molecule has 10 aromatic carbocycles. The molecule has 0 N–H and O–H groups in total. The standard InChI is InChI=1S/C66H44N6/c1-5-19-45(20-6-1)49-27-16-36-58(42-49)65-70-63(48-25-11-4-12-26-48)71-66(72-65)60-38-18-35-57(44-60)55-33-15-31-53(41-55)51-29-13-28-50(39-51)52-30-14-32-54(40-52)56-34-17-37-59(43-56)64-68-61(46-21-7-2-8-22-46)67-62(69-64)47-23-9-3-10-24-47/h1-44H. The summed E-state index contributed by atoms with van der Waals surface area (Å²) < 4.78 is 0. The van der Waals surface area contributed by atoms with Crippen molar-refractivity contribution in [3.8, 4) is 124 Å². The second kappa shape index (κ2) is 19.7. The van der Waals surface area contributed by atoms with Crippen LogP contribution in [-0.4, -0.2) is 29.9 Å². The molecule has 0 atom stereocenters. The van der Waals surface area contributed by atoms with Crippen molar-refractivity contribution in [3.05, 3.63) is 267 Å². The maximum absolute atomic E-state index is 5.11. The first-order chi connectivity index (χ1) is 35.6. The smallest absolute Gasteiger partial charge is 0.164 e. The molecule has 0 fully saturated rings. The van der Waals surface area contributed by atoms with Gasteiger partial charge in [0.2, 0.25) is 0 Å². The fourth-order valence-electron chi connectivity index (χ4n) is 9.07. The molecule has 0 aliphatic heterocycles. The third-order valence-electron chi connectivity index (χ3n) is 12.8. The Morgan fingerprint density at radius 3 is 0.514 bits per heavy atom. The van der Waals surface area contributed by atoms with Crippen LogP contribution in [-0.2, 0) is 0 Å². The molecule has 0 spiro atoms. The van der Waals surface area contributed by atoms with Gasteiger partial charge in [-0.25, -0.2) is 29.9 Å². The molecule has 0 saturated heterocycles. The van der Waals surface area contributed by atoms with Crippen LogP contribution in [0, 0.1) is 0 Å². The highest BCUT2D eigenvalue weighted by atomic mass is 15.0. The Morgan fingerprint density at radius 2 is 0.278 bits per heavy atom. The number of hydrogen-bond acceptors (Lipinski definition) is 6. The molecule has 0 aliphatic carbocycles. The van der Waals surface area contributed by atoms with Gasteiger partial charge in [-0.05, 0) is 92.0 Å². The second-order valence-electron chi connectivity index (χ2n) is 17.6. The summed E-state index contributed by atoms with van der Waals surface area (Å²) >= 11 is 0. The van der Waals surface area contributed by atoms with E-state index in [-0.39, 0.29) is 0 Å². The van der Waals surface area contributed by atoms with E-state index in [1.165, 1.54) is 0 Å². The molecule has 338 valence electrons. The van der Waals surface area contributed by atoms with Crippen molar-refractivity contribution in [1.82, 2.24) is 29.9 Å². The summed E-state index contributed by atoms with van der Waals surface area (Å²) in [4.78, 5) is 30.1. The Bertz CT molecular complexity index is 3800. The number of aromatic nitrogens is 6. The van der Waals surface area contributed by atoms with Crippen LogP contribution in [0.25, 0.3) is 124 Å². The largest absolute Gasteiger partial charge is 0.208 e.